The average Bonchev–Trinajstić information content (AvgIpc) is 2.78. The van der Waals surface area contributed by atoms with Crippen molar-refractivity contribution in [3.05, 3.63) is 71.9 Å². The molecule has 0 saturated heterocycles. The maximum Gasteiger partial charge on any atom is 0.421 e. The van der Waals surface area contributed by atoms with Crippen LogP contribution in [0.2, 0.25) is 0 Å². The summed E-state index contributed by atoms with van der Waals surface area (Å²) < 4.78 is 51.9. The highest BCUT2D eigenvalue weighted by atomic mass is 19.4. The molecular weight excluding hydrogens is 407 g/mol. The van der Waals surface area contributed by atoms with Crippen molar-refractivity contribution >= 4 is 11.5 Å². The van der Waals surface area contributed by atoms with Gasteiger partial charge in [-0.05, 0) is 36.2 Å². The molecule has 31 heavy (non-hydrogen) atoms. The molecule has 0 spiro atoms. The Kier molecular flexibility index (Phi) is 7.33. The number of benzene rings is 2. The maximum absolute atomic E-state index is 13.6. The number of hydrogen-bond acceptors (Lipinski definition) is 5. The van der Waals surface area contributed by atoms with E-state index < -0.39 is 11.7 Å². The van der Waals surface area contributed by atoms with Gasteiger partial charge in [0.2, 0.25) is 0 Å². The van der Waals surface area contributed by atoms with E-state index in [4.69, 9.17) is 9.47 Å². The van der Waals surface area contributed by atoms with Crippen LogP contribution in [0.1, 0.15) is 30.9 Å². The van der Waals surface area contributed by atoms with Gasteiger partial charge in [-0.15, -0.1) is 0 Å². The van der Waals surface area contributed by atoms with E-state index >= 15 is 0 Å². The molecule has 0 fully saturated rings. The van der Waals surface area contributed by atoms with Crippen molar-refractivity contribution in [1.82, 2.24) is 9.97 Å². The van der Waals surface area contributed by atoms with Gasteiger partial charge in [0.1, 0.15) is 17.9 Å². The van der Waals surface area contributed by atoms with Crippen LogP contribution in [0.4, 0.5) is 24.7 Å². The van der Waals surface area contributed by atoms with Crippen LogP contribution < -0.4 is 14.4 Å². The van der Waals surface area contributed by atoms with Crippen LogP contribution >= 0.6 is 0 Å². The zero-order chi connectivity index (χ0) is 22.3. The molecule has 164 valence electrons. The lowest BCUT2D eigenvalue weighted by atomic mass is 10.2. The zero-order valence-corrected chi connectivity index (χ0v) is 17.4. The average molecular weight is 431 g/mol. The third kappa shape index (κ3) is 6.10. The molecule has 3 aromatic rings. The number of ether oxygens (including phenoxy) is 2. The van der Waals surface area contributed by atoms with Gasteiger partial charge in [0.05, 0.1) is 6.61 Å². The van der Waals surface area contributed by atoms with E-state index in [1.54, 1.807) is 24.3 Å². The Morgan fingerprint density at radius 3 is 2.32 bits per heavy atom. The van der Waals surface area contributed by atoms with Crippen molar-refractivity contribution < 1.29 is 22.6 Å². The number of halogens is 3. The van der Waals surface area contributed by atoms with Gasteiger partial charge in [-0.2, -0.15) is 18.2 Å². The van der Waals surface area contributed by atoms with Gasteiger partial charge >= 0.3 is 12.2 Å². The number of alkyl halides is 3. The van der Waals surface area contributed by atoms with E-state index in [9.17, 15) is 13.2 Å². The van der Waals surface area contributed by atoms with Gasteiger partial charge in [-0.1, -0.05) is 43.7 Å². The molecule has 0 N–H and O–H groups in total. The maximum atomic E-state index is 13.6. The predicted octanol–water partition coefficient (Wildman–Crippen LogP) is 6.02. The Balaban J connectivity index is 1.82. The van der Waals surface area contributed by atoms with Gasteiger partial charge < -0.3 is 14.4 Å². The predicted molar refractivity (Wildman–Crippen MR) is 113 cm³/mol. The molecule has 5 nitrogen and oxygen atoms in total. The van der Waals surface area contributed by atoms with Crippen molar-refractivity contribution in [2.75, 3.05) is 18.6 Å². The molecule has 0 amide bonds. The molecule has 0 unspecified atom stereocenters. The SMILES string of the molecule is CCCCOc1ccc(N(C)c2nc(OCc3ccccc3)ncc2C(F)(F)F)cc1. The first-order chi connectivity index (χ1) is 14.9. The van der Waals surface area contributed by atoms with Crippen LogP contribution in [-0.4, -0.2) is 23.6 Å². The molecule has 3 rings (SSSR count). The summed E-state index contributed by atoms with van der Waals surface area (Å²) >= 11 is 0. The lowest BCUT2D eigenvalue weighted by molar-refractivity contribution is -0.137. The summed E-state index contributed by atoms with van der Waals surface area (Å²) in [5.74, 6) is 0.376. The zero-order valence-electron chi connectivity index (χ0n) is 17.4. The third-order valence-electron chi connectivity index (χ3n) is 4.57. The summed E-state index contributed by atoms with van der Waals surface area (Å²) in [6.07, 6.45) is -1.90. The third-order valence-corrected chi connectivity index (χ3v) is 4.57. The van der Waals surface area contributed by atoms with Crippen molar-refractivity contribution in [1.29, 1.82) is 0 Å². The lowest BCUT2D eigenvalue weighted by Crippen LogP contribution is -2.19. The number of hydrogen-bond donors (Lipinski definition) is 0. The number of unbranched alkanes of at least 4 members (excludes halogenated alkanes) is 1. The van der Waals surface area contributed by atoms with Crippen molar-refractivity contribution in [3.8, 4) is 11.8 Å². The highest BCUT2D eigenvalue weighted by Gasteiger charge is 2.36. The Labute approximate surface area is 179 Å². The quantitative estimate of drug-likeness (QED) is 0.388. The normalized spacial score (nSPS) is 11.3. The molecule has 1 aromatic heterocycles. The topological polar surface area (TPSA) is 47.5 Å². The van der Waals surface area contributed by atoms with Crippen molar-refractivity contribution in [2.24, 2.45) is 0 Å². The Morgan fingerprint density at radius 1 is 0.968 bits per heavy atom. The van der Waals surface area contributed by atoms with Gasteiger partial charge in [-0.25, -0.2) is 4.98 Å². The molecule has 0 bridgehead atoms. The van der Waals surface area contributed by atoms with Crippen LogP contribution in [0.5, 0.6) is 11.8 Å². The second kappa shape index (κ2) is 10.1. The van der Waals surface area contributed by atoms with Gasteiger partial charge in [0.25, 0.3) is 0 Å². The van der Waals surface area contributed by atoms with Gasteiger partial charge in [-0.3, -0.25) is 0 Å². The summed E-state index contributed by atoms with van der Waals surface area (Å²) in [6, 6.07) is 16.0. The number of aromatic nitrogens is 2. The molecular formula is C23H24F3N3O2. The molecule has 0 radical (unpaired) electrons. The van der Waals surface area contributed by atoms with E-state index in [0.717, 1.165) is 24.6 Å². The molecule has 8 heteroatoms. The molecule has 0 aliphatic rings. The van der Waals surface area contributed by atoms with Gasteiger partial charge in [0, 0.05) is 18.9 Å². The standard InChI is InChI=1S/C23H24F3N3O2/c1-3-4-14-30-19-12-10-18(11-13-19)29(2)21-20(23(24,25)26)15-27-22(28-21)31-16-17-8-6-5-7-9-17/h5-13,15H,3-4,14,16H2,1-2H3. The summed E-state index contributed by atoms with van der Waals surface area (Å²) in [6.45, 7) is 2.82. The monoisotopic (exact) mass is 431 g/mol. The van der Waals surface area contributed by atoms with Crippen molar-refractivity contribution in [2.45, 2.75) is 32.5 Å². The fourth-order valence-corrected chi connectivity index (χ4v) is 2.83. The summed E-state index contributed by atoms with van der Waals surface area (Å²) in [7, 11) is 1.52. The van der Waals surface area contributed by atoms with E-state index in [2.05, 4.69) is 16.9 Å². The minimum Gasteiger partial charge on any atom is -0.494 e. The van der Waals surface area contributed by atoms with Crippen LogP contribution in [0.3, 0.4) is 0 Å². The minimum absolute atomic E-state index is 0.127. The highest BCUT2D eigenvalue weighted by molar-refractivity contribution is 5.63. The van der Waals surface area contributed by atoms with Crippen LogP contribution in [-0.2, 0) is 12.8 Å². The molecule has 0 saturated carbocycles. The summed E-state index contributed by atoms with van der Waals surface area (Å²) in [4.78, 5) is 9.16. The van der Waals surface area contributed by atoms with Crippen LogP contribution in [0, 0.1) is 0 Å². The molecule has 2 aromatic carbocycles. The van der Waals surface area contributed by atoms with E-state index in [-0.39, 0.29) is 18.4 Å². The Morgan fingerprint density at radius 2 is 1.68 bits per heavy atom. The van der Waals surface area contributed by atoms with E-state index in [1.165, 1.54) is 11.9 Å². The first-order valence-corrected chi connectivity index (χ1v) is 9.96. The number of nitrogens with zero attached hydrogens (tertiary/aromatic N) is 3. The largest absolute Gasteiger partial charge is 0.494 e. The minimum atomic E-state index is -4.61. The first-order valence-electron chi connectivity index (χ1n) is 9.96. The molecule has 0 atom stereocenters. The number of rotatable bonds is 9. The van der Waals surface area contributed by atoms with Crippen LogP contribution in [0.15, 0.2) is 60.8 Å². The van der Waals surface area contributed by atoms with Crippen LogP contribution in [0.25, 0.3) is 0 Å². The second-order valence-electron chi connectivity index (χ2n) is 6.92. The summed E-state index contributed by atoms with van der Waals surface area (Å²) in [5.41, 5.74) is 0.450. The molecule has 0 aliphatic heterocycles. The van der Waals surface area contributed by atoms with Gasteiger partial charge in [0.15, 0.2) is 5.82 Å². The molecule has 0 aliphatic carbocycles. The van der Waals surface area contributed by atoms with E-state index in [0.29, 0.717) is 18.0 Å². The Hall–Kier alpha value is -3.29. The van der Waals surface area contributed by atoms with Crippen molar-refractivity contribution in [3.63, 3.8) is 0 Å². The fourth-order valence-electron chi connectivity index (χ4n) is 2.83. The smallest absolute Gasteiger partial charge is 0.421 e. The Bertz CT molecular complexity index is 964. The molecule has 1 heterocycles. The van der Waals surface area contributed by atoms with E-state index in [1.807, 2.05) is 30.3 Å². The fraction of sp³-hybridized carbons (Fsp3) is 0.304. The number of anilines is 2. The first kappa shape index (κ1) is 22.4. The second-order valence-corrected chi connectivity index (χ2v) is 6.92. The summed E-state index contributed by atoms with van der Waals surface area (Å²) in [5, 5.41) is 0. The lowest BCUT2D eigenvalue weighted by Gasteiger charge is -2.23. The highest BCUT2D eigenvalue weighted by Crippen LogP contribution is 2.38.